The van der Waals surface area contributed by atoms with Crippen molar-refractivity contribution in [1.82, 2.24) is 0 Å². The van der Waals surface area contributed by atoms with E-state index in [-0.39, 0.29) is 0 Å². The minimum atomic E-state index is -2.70. The van der Waals surface area contributed by atoms with Crippen molar-refractivity contribution in [3.05, 3.63) is 67.4 Å². The van der Waals surface area contributed by atoms with Crippen LogP contribution < -0.4 is 11.3 Å². The van der Waals surface area contributed by atoms with Crippen LogP contribution >= 0.6 is 0 Å². The Morgan fingerprint density at radius 1 is 0.362 bits per heavy atom. The number of fused-ring (bicyclic) bond motifs is 10. The summed E-state index contributed by atoms with van der Waals surface area (Å²) in [6.45, 7) is 2.54. The standard InChI is InChI=1S/C48H28O30.C2H6/c49-10-1-6-17(31(59)27(10)55)19-23-21-22-24(47(70)76-38(21)35(63)33(19)61)20(34(62)36(64)39(22)75-46(23)69)18-9(4-13(52)28(56)32(18)60)43(66)74-37-14(5-72-42(6)65)73-48(71)41-40(37)77-44(67)7-2-11(50)25(53)29(57)15(7)16-8(45(68)78-41)3-12(51)26(54)30(16)58;1-2/h1-4,14,37,40-41,48-64,71H,5H2;1-2H3. The molecule has 8 aromatic rings. The molecule has 6 bridgehead atoms. The highest BCUT2D eigenvalue weighted by Crippen LogP contribution is 2.59. The van der Waals surface area contributed by atoms with E-state index < -0.39 is 253 Å². The third kappa shape index (κ3) is 7.12. The number of esters is 4. The van der Waals surface area contributed by atoms with Crippen molar-refractivity contribution in [2.24, 2.45) is 0 Å². The van der Waals surface area contributed by atoms with Crippen LogP contribution in [-0.4, -0.2) is 148 Å². The van der Waals surface area contributed by atoms with Crippen molar-refractivity contribution in [2.75, 3.05) is 6.61 Å². The van der Waals surface area contributed by atoms with Crippen LogP contribution in [0, 0.1) is 0 Å². The van der Waals surface area contributed by atoms with Crippen LogP contribution in [-0.2, 0) is 23.7 Å². The van der Waals surface area contributed by atoms with E-state index in [1.807, 2.05) is 13.8 Å². The lowest BCUT2D eigenvalue weighted by atomic mass is 9.88. The first kappa shape index (κ1) is 52.3. The molecule has 0 amide bonds. The lowest BCUT2D eigenvalue weighted by Crippen LogP contribution is -2.62. The average Bonchev–Trinajstić information content (AvgIpc) is 3.59. The maximum Gasteiger partial charge on any atom is 0.345 e. The predicted octanol–water partition coefficient (Wildman–Crippen LogP) is 2.98. The zero-order valence-electron chi connectivity index (χ0n) is 39.8. The Morgan fingerprint density at radius 2 is 0.662 bits per heavy atom. The molecule has 11 rings (SSSR count). The van der Waals surface area contributed by atoms with Gasteiger partial charge < -0.3 is 119 Å². The van der Waals surface area contributed by atoms with E-state index in [9.17, 15) is 116 Å². The normalized spacial score (nSPS) is 18.9. The number of rotatable bonds is 0. The lowest BCUT2D eigenvalue weighted by Gasteiger charge is -2.43. The molecule has 30 nitrogen and oxygen atoms in total. The van der Waals surface area contributed by atoms with Crippen LogP contribution in [0.4, 0.5) is 0 Å². The number of aliphatic hydroxyl groups is 1. The SMILES string of the molecule is CC.O=C1OC2C(O)OC3COC(=O)c4cc(O)c(O)c(O)c4-c4c(O)c(O)c5oc(=O)c6c(c(O)c(O)c7oc(=O)c4c5c76)-c4c(cc(O)c(O)c4O)C(=O)OC3C2OC(=O)c2cc(O)c(O)c(O)c2-c2c1cc(O)c(O)c2O. The Balaban J connectivity index is 0.00000356. The number of aromatic hydroxyl groups is 16. The Labute approximate surface area is 438 Å². The molecule has 6 aromatic carbocycles. The molecule has 1 fully saturated rings. The molecule has 5 atom stereocenters. The Morgan fingerprint density at radius 3 is 1.02 bits per heavy atom. The smallest absolute Gasteiger partial charge is 0.345 e. The number of aliphatic hydroxyl groups excluding tert-OH is 1. The zero-order chi connectivity index (χ0) is 58.3. The van der Waals surface area contributed by atoms with Gasteiger partial charge in [-0.25, -0.2) is 28.8 Å². The second-order valence-corrected chi connectivity index (χ2v) is 17.4. The molecule has 0 aliphatic carbocycles. The van der Waals surface area contributed by atoms with Crippen LogP contribution in [0.25, 0.3) is 66.1 Å². The number of hydrogen-bond acceptors (Lipinski definition) is 30. The number of hydrogen-bond donors (Lipinski definition) is 17. The fourth-order valence-electron chi connectivity index (χ4n) is 9.72. The highest BCUT2D eigenvalue weighted by Gasteiger charge is 2.54. The van der Waals surface area contributed by atoms with E-state index >= 15 is 0 Å². The molecule has 0 radical (unpaired) electrons. The predicted molar refractivity (Wildman–Crippen MR) is 257 cm³/mol. The van der Waals surface area contributed by atoms with Gasteiger partial charge in [0, 0.05) is 44.2 Å². The first-order valence-electron chi connectivity index (χ1n) is 22.7. The van der Waals surface area contributed by atoms with Crippen molar-refractivity contribution >= 4 is 56.6 Å². The minimum Gasteiger partial charge on any atom is -0.504 e. The van der Waals surface area contributed by atoms with Gasteiger partial charge in [-0.1, -0.05) is 13.8 Å². The summed E-state index contributed by atoms with van der Waals surface area (Å²) in [5.41, 5.74) is -17.8. The maximum absolute atomic E-state index is 15.0. The van der Waals surface area contributed by atoms with Gasteiger partial charge in [0.1, 0.15) is 12.7 Å². The van der Waals surface area contributed by atoms with E-state index in [2.05, 4.69) is 0 Å². The minimum absolute atomic E-state index is 0.293. The van der Waals surface area contributed by atoms with Crippen molar-refractivity contribution in [2.45, 2.75) is 44.6 Å². The number of ether oxygens (including phenoxy) is 5. The second kappa shape index (κ2) is 18.0. The number of phenolic OH excluding ortho intramolecular Hbond substituents is 16. The van der Waals surface area contributed by atoms with E-state index in [1.165, 1.54) is 0 Å². The fourth-order valence-corrected chi connectivity index (χ4v) is 9.72. The quantitative estimate of drug-likeness (QED) is 0.0341. The van der Waals surface area contributed by atoms with Gasteiger partial charge >= 0.3 is 35.1 Å². The van der Waals surface area contributed by atoms with Gasteiger partial charge in [0.2, 0.25) is 34.5 Å². The number of carbonyl (C=O) groups is 4. The summed E-state index contributed by atoms with van der Waals surface area (Å²) >= 11 is 0. The Hall–Kier alpha value is -11.1. The molecule has 5 unspecified atom stereocenters. The fraction of sp³-hybridized carbons (Fsp3) is 0.160. The summed E-state index contributed by atoms with van der Waals surface area (Å²) in [4.78, 5) is 86.6. The average molecular weight is 1110 g/mol. The zero-order valence-corrected chi connectivity index (χ0v) is 39.8. The van der Waals surface area contributed by atoms with Crippen LogP contribution in [0.3, 0.4) is 0 Å². The molecule has 0 saturated carbocycles. The number of cyclic esters (lactones) is 1. The topological polar surface area (TPSA) is 519 Å². The van der Waals surface area contributed by atoms with Gasteiger partial charge in [-0.05, 0) is 24.3 Å². The van der Waals surface area contributed by atoms with Gasteiger partial charge in [0.25, 0.3) is 0 Å². The van der Waals surface area contributed by atoms with Gasteiger partial charge in [0.15, 0.2) is 93.3 Å². The molecule has 414 valence electrons. The van der Waals surface area contributed by atoms with Gasteiger partial charge in [-0.2, -0.15) is 0 Å². The summed E-state index contributed by atoms with van der Waals surface area (Å²) in [6, 6.07) is 1.42. The van der Waals surface area contributed by atoms with E-state index in [1.54, 1.807) is 0 Å². The number of carbonyl (C=O) groups excluding carboxylic acids is 4. The summed E-state index contributed by atoms with van der Waals surface area (Å²) in [6.07, 6.45) is -12.9. The summed E-state index contributed by atoms with van der Waals surface area (Å²) in [5.74, 6) is -31.1. The third-order valence-corrected chi connectivity index (χ3v) is 13.2. The monoisotopic (exact) mass is 1110 g/mol. The second-order valence-electron chi connectivity index (χ2n) is 17.4. The van der Waals surface area contributed by atoms with Crippen molar-refractivity contribution < 1.29 is 139 Å². The van der Waals surface area contributed by atoms with Crippen molar-refractivity contribution in [3.63, 3.8) is 0 Å². The molecule has 80 heavy (non-hydrogen) atoms. The summed E-state index contributed by atoms with van der Waals surface area (Å²) in [5, 5.41) is 185. The molecule has 30 heteroatoms. The van der Waals surface area contributed by atoms with Crippen molar-refractivity contribution in [3.8, 4) is 125 Å². The Bertz CT molecular complexity index is 4250. The number of phenols is 16. The first-order valence-corrected chi connectivity index (χ1v) is 22.7. The van der Waals surface area contributed by atoms with E-state index in [0.717, 1.165) is 0 Å². The molecule has 3 aliphatic rings. The molecule has 2 aromatic heterocycles. The highest BCUT2D eigenvalue weighted by atomic mass is 16.7. The molecule has 1 saturated heterocycles. The molecule has 17 N–H and O–H groups in total. The summed E-state index contributed by atoms with van der Waals surface area (Å²) < 4.78 is 38.5. The van der Waals surface area contributed by atoms with Crippen molar-refractivity contribution in [1.29, 1.82) is 0 Å². The summed E-state index contributed by atoms with van der Waals surface area (Å²) in [7, 11) is 0. The van der Waals surface area contributed by atoms with Crippen LogP contribution in [0.1, 0.15) is 55.3 Å². The van der Waals surface area contributed by atoms with Crippen LogP contribution in [0.5, 0.6) is 92.0 Å². The first-order chi connectivity index (χ1) is 37.8. The molecular formula is C50H34O30. The maximum atomic E-state index is 15.0. The molecule has 5 heterocycles. The number of benzene rings is 6. The largest absolute Gasteiger partial charge is 0.504 e. The molecular weight excluding hydrogens is 1080 g/mol. The van der Waals surface area contributed by atoms with Crippen LogP contribution in [0.2, 0.25) is 0 Å². The Kier molecular flexibility index (Phi) is 11.8. The van der Waals surface area contributed by atoms with Crippen LogP contribution in [0.15, 0.2) is 42.7 Å². The van der Waals surface area contributed by atoms with Gasteiger partial charge in [0.05, 0.1) is 33.0 Å². The highest BCUT2D eigenvalue weighted by molar-refractivity contribution is 6.29. The molecule has 0 spiro atoms. The van der Waals surface area contributed by atoms with Gasteiger partial charge in [-0.3, -0.25) is 0 Å². The third-order valence-electron chi connectivity index (χ3n) is 13.2. The molecule has 3 aliphatic heterocycles. The van der Waals surface area contributed by atoms with E-state index in [0.29, 0.717) is 24.3 Å². The van der Waals surface area contributed by atoms with E-state index in [4.69, 9.17) is 32.5 Å². The lowest BCUT2D eigenvalue weighted by molar-refractivity contribution is -0.284. The van der Waals surface area contributed by atoms with Gasteiger partial charge in [-0.15, -0.1) is 0 Å².